The minimum atomic E-state index is -0.882. The van der Waals surface area contributed by atoms with Crippen LogP contribution in [0.4, 0.5) is 11.4 Å². The molecule has 11 nitrogen and oxygen atoms in total. The first-order valence-electron chi connectivity index (χ1n) is 11.2. The number of carbonyl (C=O) groups excluding carboxylic acids is 4. The fourth-order valence-corrected chi connectivity index (χ4v) is 4.15. The van der Waals surface area contributed by atoms with E-state index in [0.29, 0.717) is 17.0 Å². The molecule has 0 saturated carbocycles. The van der Waals surface area contributed by atoms with Gasteiger partial charge in [0.1, 0.15) is 5.75 Å². The van der Waals surface area contributed by atoms with Crippen molar-refractivity contribution < 1.29 is 28.7 Å². The van der Waals surface area contributed by atoms with Crippen molar-refractivity contribution in [3.8, 4) is 5.75 Å². The van der Waals surface area contributed by atoms with Gasteiger partial charge in [-0.1, -0.05) is 0 Å². The highest BCUT2D eigenvalue weighted by Gasteiger charge is 2.48. The number of nitrogens with one attached hydrogen (secondary N) is 5. The lowest BCUT2D eigenvalue weighted by molar-refractivity contribution is -0.144. The summed E-state index contributed by atoms with van der Waals surface area (Å²) < 4.78 is 10.1. The topological polar surface area (TPSA) is 147 Å². The second kappa shape index (κ2) is 10.4. The highest BCUT2D eigenvalue weighted by molar-refractivity contribution is 6.00. The van der Waals surface area contributed by atoms with E-state index >= 15 is 0 Å². The molecule has 3 amide bonds. The summed E-state index contributed by atoms with van der Waals surface area (Å²) in [7, 11) is 1.57. The Bertz CT molecular complexity index is 1100. The van der Waals surface area contributed by atoms with Crippen LogP contribution in [0.25, 0.3) is 0 Å². The van der Waals surface area contributed by atoms with E-state index in [4.69, 9.17) is 9.47 Å². The predicted molar refractivity (Wildman–Crippen MR) is 126 cm³/mol. The molecule has 4 atom stereocenters. The lowest BCUT2D eigenvalue weighted by Gasteiger charge is -2.43. The fourth-order valence-electron chi connectivity index (χ4n) is 4.15. The first kappa shape index (κ1) is 24.0. The average molecular weight is 482 g/mol. The summed E-state index contributed by atoms with van der Waals surface area (Å²) in [6.07, 6.45) is -1.52. The van der Waals surface area contributed by atoms with Crippen molar-refractivity contribution >= 4 is 35.1 Å². The third-order valence-electron chi connectivity index (χ3n) is 5.85. The lowest BCUT2D eigenvalue weighted by Crippen LogP contribution is -2.72. The average Bonchev–Trinajstić information content (AvgIpc) is 2.84. The molecule has 35 heavy (non-hydrogen) atoms. The molecule has 184 valence electrons. The van der Waals surface area contributed by atoms with Gasteiger partial charge in [0.2, 0.25) is 17.7 Å². The van der Waals surface area contributed by atoms with Crippen molar-refractivity contribution in [3.05, 3.63) is 54.1 Å². The largest absolute Gasteiger partial charge is 0.497 e. The third kappa shape index (κ3) is 5.52. The Labute approximate surface area is 201 Å². The maximum Gasteiger partial charge on any atom is 0.338 e. The molecule has 2 saturated heterocycles. The number of hydrogen-bond acceptors (Lipinski definition) is 8. The number of rotatable bonds is 7. The maximum absolute atomic E-state index is 13.0. The summed E-state index contributed by atoms with van der Waals surface area (Å²) >= 11 is 0. The van der Waals surface area contributed by atoms with Gasteiger partial charge in [-0.05, 0) is 55.5 Å². The first-order valence-corrected chi connectivity index (χ1v) is 11.2. The lowest BCUT2D eigenvalue weighted by atomic mass is 9.81. The summed E-state index contributed by atoms with van der Waals surface area (Å²) in [5.41, 5.74) is 1.52. The summed E-state index contributed by atoms with van der Waals surface area (Å²) in [5, 5.41) is 14.6. The summed E-state index contributed by atoms with van der Waals surface area (Å²) in [6, 6.07) is 13.3. The number of benzene rings is 2. The molecular formula is C24H27N5O6. The van der Waals surface area contributed by atoms with Crippen molar-refractivity contribution in [2.45, 2.75) is 25.8 Å². The van der Waals surface area contributed by atoms with Gasteiger partial charge in [-0.2, -0.15) is 0 Å². The Hall–Kier alpha value is -4.12. The number of ether oxygens (including phenoxy) is 2. The molecule has 2 aromatic rings. The van der Waals surface area contributed by atoms with E-state index in [0.717, 1.165) is 5.69 Å². The molecule has 4 rings (SSSR count). The van der Waals surface area contributed by atoms with E-state index in [2.05, 4.69) is 26.6 Å². The molecule has 2 aliphatic rings. The number of carbonyl (C=O) groups is 4. The zero-order valence-corrected chi connectivity index (χ0v) is 19.3. The molecule has 0 bridgehead atoms. The van der Waals surface area contributed by atoms with Crippen molar-refractivity contribution in [3.63, 3.8) is 0 Å². The van der Waals surface area contributed by atoms with Gasteiger partial charge < -0.3 is 30.7 Å². The molecule has 0 aliphatic carbocycles. The highest BCUT2D eigenvalue weighted by Crippen LogP contribution is 2.28. The monoisotopic (exact) mass is 481 g/mol. The molecule has 4 unspecified atom stereocenters. The van der Waals surface area contributed by atoms with E-state index in [-0.39, 0.29) is 24.8 Å². The molecular weight excluding hydrogens is 454 g/mol. The van der Waals surface area contributed by atoms with Gasteiger partial charge in [-0.25, -0.2) is 4.79 Å². The number of fused-ring (bicyclic) bond motifs is 1. The predicted octanol–water partition coefficient (Wildman–Crippen LogP) is 1.00. The minimum absolute atomic E-state index is 0.125. The highest BCUT2D eigenvalue weighted by atomic mass is 16.5. The molecule has 2 heterocycles. The van der Waals surface area contributed by atoms with Crippen LogP contribution in [0.5, 0.6) is 5.75 Å². The zero-order chi connectivity index (χ0) is 24.9. The Morgan fingerprint density at radius 3 is 2.34 bits per heavy atom. The number of amides is 3. The minimum Gasteiger partial charge on any atom is -0.497 e. The number of anilines is 2. The van der Waals surface area contributed by atoms with Gasteiger partial charge >= 0.3 is 5.97 Å². The van der Waals surface area contributed by atoms with Gasteiger partial charge in [-0.3, -0.25) is 19.7 Å². The van der Waals surface area contributed by atoms with E-state index in [9.17, 15) is 19.2 Å². The third-order valence-corrected chi connectivity index (χ3v) is 5.85. The Morgan fingerprint density at radius 2 is 1.69 bits per heavy atom. The van der Waals surface area contributed by atoms with Crippen LogP contribution in [0.3, 0.4) is 0 Å². The standard InChI is InChI=1S/C24H27N5O6/c1-3-35-23(33)13-4-6-14(7-5-13)25-21(31)17-12-18(30)27-20-19(17)22(32)29-24(28-20)26-15-8-10-16(34-2)11-9-15/h4-11,17,19-20,24,26,28H,3,12H2,1-2H3,(H,25,31)(H,27,30)(H,29,32). The van der Waals surface area contributed by atoms with E-state index in [1.54, 1.807) is 50.4 Å². The van der Waals surface area contributed by atoms with Gasteiger partial charge in [-0.15, -0.1) is 0 Å². The van der Waals surface area contributed by atoms with Crippen molar-refractivity contribution in [2.75, 3.05) is 24.4 Å². The van der Waals surface area contributed by atoms with Crippen LogP contribution in [0.2, 0.25) is 0 Å². The molecule has 2 aliphatic heterocycles. The smallest absolute Gasteiger partial charge is 0.338 e. The fraction of sp³-hybridized carbons (Fsp3) is 0.333. The van der Waals surface area contributed by atoms with Crippen LogP contribution in [-0.2, 0) is 19.1 Å². The summed E-state index contributed by atoms with van der Waals surface area (Å²) in [6.45, 7) is 1.98. The van der Waals surface area contributed by atoms with Crippen molar-refractivity contribution in [1.29, 1.82) is 0 Å². The molecule has 2 aromatic carbocycles. The van der Waals surface area contributed by atoms with Crippen LogP contribution in [-0.4, -0.2) is 49.9 Å². The molecule has 2 fully saturated rings. The SMILES string of the molecule is CCOC(=O)c1ccc(NC(=O)C2CC(=O)NC3NC(Nc4ccc(OC)cc4)NC(=O)C32)cc1. The maximum atomic E-state index is 13.0. The van der Waals surface area contributed by atoms with Crippen molar-refractivity contribution in [2.24, 2.45) is 11.8 Å². The van der Waals surface area contributed by atoms with E-state index in [1.165, 1.54) is 12.1 Å². The Balaban J connectivity index is 1.42. The van der Waals surface area contributed by atoms with Gasteiger partial charge in [0.05, 0.1) is 37.3 Å². The van der Waals surface area contributed by atoms with Crippen LogP contribution in [0.15, 0.2) is 48.5 Å². The normalized spacial score (nSPS) is 23.3. The second-order valence-corrected chi connectivity index (χ2v) is 8.15. The van der Waals surface area contributed by atoms with Crippen molar-refractivity contribution in [1.82, 2.24) is 16.0 Å². The quantitative estimate of drug-likeness (QED) is 0.368. The molecule has 0 aromatic heterocycles. The molecule has 5 N–H and O–H groups in total. The summed E-state index contributed by atoms with van der Waals surface area (Å²) in [5.74, 6) is -2.61. The van der Waals surface area contributed by atoms with E-state index in [1.807, 2.05) is 0 Å². The molecule has 0 radical (unpaired) electrons. The zero-order valence-electron chi connectivity index (χ0n) is 19.3. The van der Waals surface area contributed by atoms with Crippen LogP contribution in [0.1, 0.15) is 23.7 Å². The second-order valence-electron chi connectivity index (χ2n) is 8.15. The van der Waals surface area contributed by atoms with Crippen LogP contribution >= 0.6 is 0 Å². The molecule has 11 heteroatoms. The first-order chi connectivity index (χ1) is 16.9. The Kier molecular flexibility index (Phi) is 7.16. The van der Waals surface area contributed by atoms with Gasteiger partial charge in [0, 0.05) is 17.8 Å². The van der Waals surface area contributed by atoms with Crippen LogP contribution in [0, 0.1) is 11.8 Å². The van der Waals surface area contributed by atoms with Gasteiger partial charge in [0.25, 0.3) is 0 Å². The number of hydrogen-bond donors (Lipinski definition) is 5. The Morgan fingerprint density at radius 1 is 1.00 bits per heavy atom. The van der Waals surface area contributed by atoms with E-state index < -0.39 is 36.2 Å². The summed E-state index contributed by atoms with van der Waals surface area (Å²) in [4.78, 5) is 50.2. The van der Waals surface area contributed by atoms with Gasteiger partial charge in [0.15, 0.2) is 6.29 Å². The van der Waals surface area contributed by atoms with Crippen LogP contribution < -0.4 is 31.3 Å². The number of methoxy groups -OCH3 is 1. The molecule has 0 spiro atoms. The number of esters is 1. The number of piperidine rings is 1.